The van der Waals surface area contributed by atoms with Gasteiger partial charge in [0.05, 0.1) is 35.0 Å². The molecule has 99 heavy (non-hydrogen) atoms. The van der Waals surface area contributed by atoms with Crippen LogP contribution >= 0.6 is 0 Å². The summed E-state index contributed by atoms with van der Waals surface area (Å²) in [5.41, 5.74) is 15.0. The molecule has 526 valence electrons. The zero-order chi connectivity index (χ0) is 73.2. The Bertz CT molecular complexity index is 3930. The van der Waals surface area contributed by atoms with Crippen molar-refractivity contribution in [2.24, 2.45) is 11.5 Å². The highest BCUT2D eigenvalue weighted by Gasteiger charge is 2.27. The molecule has 8 rings (SSSR count). The lowest BCUT2D eigenvalue weighted by Crippen LogP contribution is -2.47. The molecule has 0 bridgehead atoms. The summed E-state index contributed by atoms with van der Waals surface area (Å²) in [6, 6.07) is 35.1. The number of ether oxygens (including phenoxy) is 5. The van der Waals surface area contributed by atoms with Crippen LogP contribution in [0.25, 0.3) is 22.4 Å². The van der Waals surface area contributed by atoms with E-state index in [0.717, 1.165) is 57.5 Å². The Hall–Kier alpha value is -11.4. The van der Waals surface area contributed by atoms with Crippen LogP contribution in [0.15, 0.2) is 138 Å². The molecular weight excluding hydrogens is 1270 g/mol. The third-order valence-corrected chi connectivity index (χ3v) is 14.0. The zero-order valence-corrected chi connectivity index (χ0v) is 57.5. The van der Waals surface area contributed by atoms with Gasteiger partial charge in [-0.3, -0.25) is 24.0 Å². The maximum Gasteiger partial charge on any atom is 0.408 e. The van der Waals surface area contributed by atoms with Crippen molar-refractivity contribution in [3.05, 3.63) is 162 Å². The summed E-state index contributed by atoms with van der Waals surface area (Å²) in [6.07, 6.45) is 8.32. The number of carbonyl (C=O) groups is 8. The molecule has 0 radical (unpaired) electrons. The first-order chi connectivity index (χ1) is 46.5. The number of benzene rings is 5. The minimum atomic E-state index is -0.899. The van der Waals surface area contributed by atoms with Crippen LogP contribution in [0.5, 0.6) is 23.0 Å². The van der Waals surface area contributed by atoms with E-state index in [2.05, 4.69) is 31.9 Å². The van der Waals surface area contributed by atoms with E-state index in [4.69, 9.17) is 49.8 Å². The maximum atomic E-state index is 13.0. The average molecular weight is 1360 g/mol. The fraction of sp³-hybridized carbons (Fsp3) is 0.384. The first-order valence-corrected chi connectivity index (χ1v) is 31.9. The fourth-order valence-corrected chi connectivity index (χ4v) is 9.76. The third-order valence-electron chi connectivity index (χ3n) is 14.0. The Balaban J connectivity index is 0.000000245. The summed E-state index contributed by atoms with van der Waals surface area (Å²) in [4.78, 5) is 97.4. The Morgan fingerprint density at radius 1 is 0.556 bits per heavy atom. The number of phenolic OH excluding ortho intramolecular Hbond substituents is 2. The maximum absolute atomic E-state index is 13.0. The van der Waals surface area contributed by atoms with E-state index in [1.165, 1.54) is 45.2 Å². The number of phenols is 2. The molecule has 1 aliphatic carbocycles. The van der Waals surface area contributed by atoms with Crippen LogP contribution in [0.4, 0.5) is 14.4 Å². The quantitative estimate of drug-likeness (QED) is 0.0212. The van der Waals surface area contributed by atoms with Gasteiger partial charge in [0.25, 0.3) is 5.91 Å². The number of carbonyl (C=O) groups excluding carboxylic acids is 8. The van der Waals surface area contributed by atoms with Crippen molar-refractivity contribution in [1.29, 1.82) is 10.5 Å². The van der Waals surface area contributed by atoms with E-state index in [0.29, 0.717) is 35.9 Å². The van der Waals surface area contributed by atoms with Gasteiger partial charge in [0.1, 0.15) is 76.1 Å². The Morgan fingerprint density at radius 2 is 0.949 bits per heavy atom. The number of nitrogens with one attached hydrogen (secondary N) is 4. The summed E-state index contributed by atoms with van der Waals surface area (Å²) in [6.45, 7) is 18.2. The number of hydrogen-bond acceptors (Lipinski definition) is 19. The summed E-state index contributed by atoms with van der Waals surface area (Å²) in [5.74, 6) is -0.458. The number of fused-ring (bicyclic) bond motifs is 1. The summed E-state index contributed by atoms with van der Waals surface area (Å²) in [5, 5.41) is 47.5. The molecule has 26 nitrogen and oxygen atoms in total. The second kappa shape index (κ2) is 36.6. The molecule has 1 aliphatic rings. The number of rotatable bonds is 19. The van der Waals surface area contributed by atoms with Crippen molar-refractivity contribution < 1.29 is 76.7 Å². The topological polar surface area (TPSA) is 402 Å². The summed E-state index contributed by atoms with van der Waals surface area (Å²) in [7, 11) is 0. The van der Waals surface area contributed by atoms with Crippen molar-refractivity contribution in [2.45, 2.75) is 181 Å². The van der Waals surface area contributed by atoms with Gasteiger partial charge in [-0.25, -0.2) is 19.4 Å². The third kappa shape index (κ3) is 28.4. The lowest BCUT2D eigenvalue weighted by molar-refractivity contribution is -0.132. The largest absolute Gasteiger partial charge is 0.508 e. The van der Waals surface area contributed by atoms with Gasteiger partial charge in [0, 0.05) is 51.1 Å². The average Bonchev–Trinajstić information content (AvgIpc) is 1.62. The number of imidazole rings is 1. The minimum absolute atomic E-state index is 0.129. The van der Waals surface area contributed by atoms with Gasteiger partial charge in [0.15, 0.2) is 0 Å². The van der Waals surface area contributed by atoms with Crippen LogP contribution in [0, 0.1) is 22.7 Å². The number of aromatic nitrogens is 2. The number of nitrogens with zero attached hydrogens (tertiary/aromatic N) is 4. The molecule has 1 saturated carbocycles. The van der Waals surface area contributed by atoms with Crippen molar-refractivity contribution in [2.75, 3.05) is 0 Å². The summed E-state index contributed by atoms with van der Waals surface area (Å²) >= 11 is 0. The van der Waals surface area contributed by atoms with Gasteiger partial charge in [-0.2, -0.15) is 10.5 Å². The van der Waals surface area contributed by atoms with Crippen molar-refractivity contribution in [3.8, 4) is 46.5 Å². The highest BCUT2D eigenvalue weighted by Crippen LogP contribution is 2.36. The molecular formula is C73H88N10O16. The lowest BCUT2D eigenvalue weighted by Gasteiger charge is -2.25. The van der Waals surface area contributed by atoms with E-state index in [1.807, 2.05) is 18.2 Å². The number of furan rings is 1. The highest BCUT2D eigenvalue weighted by atomic mass is 16.6. The summed E-state index contributed by atoms with van der Waals surface area (Å²) < 4.78 is 32.8. The number of aromatic hydroxyl groups is 2. The van der Waals surface area contributed by atoms with Gasteiger partial charge < -0.3 is 75.6 Å². The molecule has 10 N–H and O–H groups in total. The smallest absolute Gasteiger partial charge is 0.408 e. The molecule has 2 aromatic heterocycles. The molecule has 4 atom stereocenters. The molecule has 0 aliphatic heterocycles. The highest BCUT2D eigenvalue weighted by molar-refractivity contribution is 5.98. The van der Waals surface area contributed by atoms with Gasteiger partial charge >= 0.3 is 30.2 Å². The second-order valence-electron chi connectivity index (χ2n) is 26.1. The Morgan fingerprint density at radius 3 is 1.32 bits per heavy atom. The number of hydrogen-bond donors (Lipinski definition) is 8. The molecule has 2 heterocycles. The predicted octanol–water partition coefficient (Wildman–Crippen LogP) is 10.8. The number of nitriles is 2. The zero-order valence-electron chi connectivity index (χ0n) is 57.5. The minimum Gasteiger partial charge on any atom is -0.508 e. The standard InChI is InChI=1S/C27H26N4O3.C16H22N2O5.C16H20N2O4.C14H20N2O4/c28-16-21(14-18-6-9-23(32)10-7-18)29-27(33)19-8-11-25-24(15-19)30-26(20-12-13-34-17-20)31(25)22-4-2-1-3-5-22;1-10(19)22-12-7-5-11(6-8-12)9-13(14(17)20)18-15(21)23-16(2,3)4;1-11(19)21-14-7-5-12(6-8-14)9-13(10-17)18-15(20)22-16(2,3)4;1-14(2,3)20-13(19)16-11(12(15)18)8-9-4-6-10(17)7-5-9/h6-13,15,17,21-22,32H,1-5,14H2,(H,29,33);5-8,13H,9H2,1-4H3,(H2,17,20)(H,18,21);5-8,13H,9H2,1-4H3,(H,18,20);4-7,11,17H,8H2,1-3H3,(H2,15,18)(H,16,19)/t21-;2*13-;11-/m0000/s1. The van der Waals surface area contributed by atoms with Crippen LogP contribution < -0.4 is 42.2 Å². The number of alkyl carbamates (subject to hydrolysis) is 3. The van der Waals surface area contributed by atoms with E-state index in [-0.39, 0.29) is 30.2 Å². The SMILES string of the molecule is CC(=O)Oc1ccc(C[C@@H](C#N)NC(=O)OC(C)(C)C)cc1.CC(=O)Oc1ccc(C[C@H](NC(=O)OC(C)(C)C)C(N)=O)cc1.CC(C)(C)OC(=O)N[C@@H](Cc1ccc(O)cc1)C(N)=O.N#C[C@H](Cc1ccc(O)cc1)NC(=O)c1ccc2c(c1)nc(-c1ccoc1)n2C1CCCCC1. The normalized spacial score (nSPS) is 13.2. The Labute approximate surface area is 575 Å². The fourth-order valence-electron chi connectivity index (χ4n) is 9.76. The number of esters is 2. The molecule has 1 fully saturated rings. The van der Waals surface area contributed by atoms with Crippen LogP contribution in [0.2, 0.25) is 0 Å². The van der Waals surface area contributed by atoms with E-state index < -0.39 is 83.0 Å². The predicted molar refractivity (Wildman–Crippen MR) is 366 cm³/mol. The van der Waals surface area contributed by atoms with Crippen molar-refractivity contribution in [1.82, 2.24) is 30.8 Å². The van der Waals surface area contributed by atoms with Crippen LogP contribution in [-0.4, -0.2) is 109 Å². The second-order valence-corrected chi connectivity index (χ2v) is 26.1. The van der Waals surface area contributed by atoms with E-state index in [1.54, 1.807) is 172 Å². The van der Waals surface area contributed by atoms with Crippen LogP contribution in [-0.2, 0) is 59.1 Å². The molecule has 0 saturated heterocycles. The first-order valence-electron chi connectivity index (χ1n) is 31.9. The molecule has 0 unspecified atom stereocenters. The van der Waals surface area contributed by atoms with Crippen molar-refractivity contribution >= 4 is 59.0 Å². The Kier molecular flexibility index (Phi) is 29.0. The molecule has 26 heteroatoms. The molecule has 0 spiro atoms. The van der Waals surface area contributed by atoms with Gasteiger partial charge in [0.2, 0.25) is 11.8 Å². The molecule has 6 amide bonds. The van der Waals surface area contributed by atoms with E-state index >= 15 is 0 Å². The number of amides is 6. The van der Waals surface area contributed by atoms with Crippen LogP contribution in [0.3, 0.4) is 0 Å². The number of primary amides is 2. The van der Waals surface area contributed by atoms with Gasteiger partial charge in [-0.05, 0) is 170 Å². The molecule has 7 aromatic rings. The number of nitrogens with two attached hydrogens (primary N) is 2. The van der Waals surface area contributed by atoms with E-state index in [9.17, 15) is 53.8 Å². The van der Waals surface area contributed by atoms with Crippen LogP contribution in [0.1, 0.15) is 147 Å². The monoisotopic (exact) mass is 1360 g/mol. The van der Waals surface area contributed by atoms with Gasteiger partial charge in [-0.15, -0.1) is 0 Å². The lowest BCUT2D eigenvalue weighted by atomic mass is 9.95. The first kappa shape index (κ1) is 78.3. The van der Waals surface area contributed by atoms with Gasteiger partial charge in [-0.1, -0.05) is 67.8 Å². The molecule has 5 aromatic carbocycles. The van der Waals surface area contributed by atoms with Crippen molar-refractivity contribution in [3.63, 3.8) is 0 Å².